The first-order valence-corrected chi connectivity index (χ1v) is 11.7. The van der Waals surface area contributed by atoms with E-state index >= 15 is 0 Å². The zero-order chi connectivity index (χ0) is 21.3. The van der Waals surface area contributed by atoms with Gasteiger partial charge in [0.2, 0.25) is 10.0 Å². The maximum Gasteiger partial charge on any atom is 0.276 e. The normalized spacial score (nSPS) is 11.8. The second-order valence-corrected chi connectivity index (χ2v) is 9.50. The molecule has 2 aromatic heterocycles. The molecular weight excluding hydrogens is 424 g/mol. The molecular formula is C19H20N6O3S2. The predicted octanol–water partition coefficient (Wildman–Crippen LogP) is 2.91. The van der Waals surface area contributed by atoms with Crippen LogP contribution in [-0.2, 0) is 15.8 Å². The summed E-state index contributed by atoms with van der Waals surface area (Å²) in [5, 5.41) is 14.6. The summed E-state index contributed by atoms with van der Waals surface area (Å²) in [4.78, 5) is 17.4. The molecule has 0 aliphatic carbocycles. The monoisotopic (exact) mass is 444 g/mol. The Bertz CT molecular complexity index is 1330. The van der Waals surface area contributed by atoms with Crippen LogP contribution in [0.25, 0.3) is 21.1 Å². The molecule has 11 heteroatoms. The molecule has 2 heterocycles. The van der Waals surface area contributed by atoms with Crippen molar-refractivity contribution in [3.8, 4) is 0 Å². The molecule has 0 unspecified atom stereocenters. The van der Waals surface area contributed by atoms with Crippen LogP contribution in [-0.4, -0.2) is 43.1 Å². The number of thiazole rings is 1. The zero-order valence-electron chi connectivity index (χ0n) is 16.3. The number of nitrogens with one attached hydrogen (secondary N) is 4. The van der Waals surface area contributed by atoms with E-state index in [0.29, 0.717) is 11.3 Å². The third-order valence-corrected chi connectivity index (χ3v) is 6.89. The van der Waals surface area contributed by atoms with Crippen LogP contribution in [0.4, 0.5) is 10.8 Å². The highest BCUT2D eigenvalue weighted by atomic mass is 32.2. The highest BCUT2D eigenvalue weighted by Crippen LogP contribution is 2.34. The fourth-order valence-electron chi connectivity index (χ4n) is 3.05. The highest BCUT2D eigenvalue weighted by Gasteiger charge is 2.19. The van der Waals surface area contributed by atoms with Crippen LogP contribution in [0.3, 0.4) is 0 Å². The number of benzene rings is 2. The molecule has 156 valence electrons. The molecule has 0 saturated heterocycles. The van der Waals surface area contributed by atoms with Gasteiger partial charge in [0.25, 0.3) is 5.91 Å². The van der Waals surface area contributed by atoms with Crippen LogP contribution < -0.4 is 15.4 Å². The fraction of sp³-hybridized carbons (Fsp3) is 0.211. The lowest BCUT2D eigenvalue weighted by atomic mass is 10.2. The van der Waals surface area contributed by atoms with Crippen LogP contribution in [0, 0.1) is 0 Å². The summed E-state index contributed by atoms with van der Waals surface area (Å²) >= 11 is 1.48. The van der Waals surface area contributed by atoms with Gasteiger partial charge in [0.05, 0.1) is 26.9 Å². The first-order valence-electron chi connectivity index (χ1n) is 9.23. The van der Waals surface area contributed by atoms with Crippen LogP contribution in [0.1, 0.15) is 23.0 Å². The standard InChI is InChI=1S/C19H20N6O3S2/c1-3-21-19-23-14-9-8-13-15(17(14)29-19)16(25-24-13)18(26)22-12-6-4-11(5-7-12)10-30(27,28)20-2/h4-9,20H,3,10H2,1-2H3,(H,21,23)(H,22,26)(H,24,25). The highest BCUT2D eigenvalue weighted by molar-refractivity contribution is 7.88. The second kappa shape index (κ2) is 8.01. The maximum absolute atomic E-state index is 12.9. The molecule has 0 fully saturated rings. The number of H-pyrrole nitrogens is 1. The van der Waals surface area contributed by atoms with Gasteiger partial charge in [-0.05, 0) is 43.8 Å². The third kappa shape index (κ3) is 3.99. The van der Waals surface area contributed by atoms with Gasteiger partial charge in [-0.25, -0.2) is 18.1 Å². The number of nitrogens with zero attached hydrogens (tertiary/aromatic N) is 2. The minimum absolute atomic E-state index is 0.126. The number of hydrogen-bond acceptors (Lipinski definition) is 7. The van der Waals surface area contributed by atoms with Crippen LogP contribution in [0.2, 0.25) is 0 Å². The topological polar surface area (TPSA) is 129 Å². The molecule has 9 nitrogen and oxygen atoms in total. The van der Waals surface area contributed by atoms with Gasteiger partial charge in [0, 0.05) is 12.2 Å². The lowest BCUT2D eigenvalue weighted by Gasteiger charge is -2.06. The van der Waals surface area contributed by atoms with Crippen molar-refractivity contribution in [3.05, 3.63) is 47.7 Å². The average molecular weight is 445 g/mol. The van der Waals surface area contributed by atoms with Gasteiger partial charge in [0.15, 0.2) is 10.8 Å². The van der Waals surface area contributed by atoms with Gasteiger partial charge >= 0.3 is 0 Å². The van der Waals surface area contributed by atoms with E-state index in [4.69, 9.17) is 0 Å². The summed E-state index contributed by atoms with van der Waals surface area (Å²) in [6.07, 6.45) is 0. The van der Waals surface area contributed by atoms with Crippen molar-refractivity contribution in [1.82, 2.24) is 19.9 Å². The molecule has 4 N–H and O–H groups in total. The van der Waals surface area contributed by atoms with Crippen LogP contribution in [0.5, 0.6) is 0 Å². The van der Waals surface area contributed by atoms with E-state index in [-0.39, 0.29) is 17.4 Å². The van der Waals surface area contributed by atoms with Crippen molar-refractivity contribution >= 4 is 59.2 Å². The number of aromatic amines is 1. The first kappa shape index (κ1) is 20.3. The van der Waals surface area contributed by atoms with E-state index in [1.165, 1.54) is 18.4 Å². The Morgan fingerprint density at radius 3 is 2.63 bits per heavy atom. The summed E-state index contributed by atoms with van der Waals surface area (Å²) < 4.78 is 26.5. The SMILES string of the molecule is CCNc1nc2ccc3[nH]nc(C(=O)Nc4ccc(CS(=O)(=O)NC)cc4)c3c2s1. The zero-order valence-corrected chi connectivity index (χ0v) is 17.9. The molecule has 0 saturated carbocycles. The van der Waals surface area contributed by atoms with Crippen molar-refractivity contribution < 1.29 is 13.2 Å². The largest absolute Gasteiger partial charge is 0.362 e. The van der Waals surface area contributed by atoms with Gasteiger partial charge < -0.3 is 10.6 Å². The number of carbonyl (C=O) groups is 1. The number of hydrogen-bond donors (Lipinski definition) is 4. The van der Waals surface area contributed by atoms with Crippen molar-refractivity contribution in [1.29, 1.82) is 0 Å². The Balaban J connectivity index is 1.61. The van der Waals surface area contributed by atoms with E-state index in [2.05, 4.69) is 30.5 Å². The summed E-state index contributed by atoms with van der Waals surface area (Å²) in [5.74, 6) is -0.484. The number of aromatic nitrogens is 3. The molecule has 0 radical (unpaired) electrons. The molecule has 0 aliphatic rings. The summed E-state index contributed by atoms with van der Waals surface area (Å²) in [6, 6.07) is 10.4. The van der Waals surface area contributed by atoms with Gasteiger partial charge in [-0.2, -0.15) is 5.10 Å². The molecule has 0 bridgehead atoms. The van der Waals surface area contributed by atoms with E-state index < -0.39 is 10.0 Å². The van der Waals surface area contributed by atoms with E-state index in [0.717, 1.165) is 32.8 Å². The molecule has 0 atom stereocenters. The van der Waals surface area contributed by atoms with Crippen LogP contribution in [0.15, 0.2) is 36.4 Å². The van der Waals surface area contributed by atoms with E-state index in [1.807, 2.05) is 19.1 Å². The molecule has 30 heavy (non-hydrogen) atoms. The smallest absolute Gasteiger partial charge is 0.276 e. The molecule has 4 rings (SSSR count). The lowest BCUT2D eigenvalue weighted by molar-refractivity contribution is 0.102. The number of rotatable bonds is 7. The number of amides is 1. The number of anilines is 2. The number of fused-ring (bicyclic) bond motifs is 3. The van der Waals surface area contributed by atoms with E-state index in [9.17, 15) is 13.2 Å². The Morgan fingerprint density at radius 2 is 1.93 bits per heavy atom. The minimum atomic E-state index is -3.35. The summed E-state index contributed by atoms with van der Waals surface area (Å²) in [7, 11) is -1.98. The van der Waals surface area contributed by atoms with E-state index in [1.54, 1.807) is 24.3 Å². The van der Waals surface area contributed by atoms with Crippen molar-refractivity contribution in [2.75, 3.05) is 24.2 Å². The average Bonchev–Trinajstić information content (AvgIpc) is 3.33. The number of carbonyl (C=O) groups excluding carboxylic acids is 1. The third-order valence-electron chi connectivity index (χ3n) is 4.51. The van der Waals surface area contributed by atoms with Crippen molar-refractivity contribution in [2.45, 2.75) is 12.7 Å². The fourth-order valence-corrected chi connectivity index (χ4v) is 4.91. The molecule has 0 spiro atoms. The first-order chi connectivity index (χ1) is 14.4. The minimum Gasteiger partial charge on any atom is -0.362 e. The van der Waals surface area contributed by atoms with Gasteiger partial charge in [-0.15, -0.1) is 0 Å². The Morgan fingerprint density at radius 1 is 1.17 bits per heavy atom. The van der Waals surface area contributed by atoms with Crippen molar-refractivity contribution in [3.63, 3.8) is 0 Å². The lowest BCUT2D eigenvalue weighted by Crippen LogP contribution is -2.20. The Labute approximate surface area is 177 Å². The molecule has 2 aromatic carbocycles. The van der Waals surface area contributed by atoms with Gasteiger partial charge in [0.1, 0.15) is 0 Å². The molecule has 1 amide bonds. The number of sulfonamides is 1. The second-order valence-electron chi connectivity index (χ2n) is 6.57. The van der Waals surface area contributed by atoms with Gasteiger partial charge in [-0.3, -0.25) is 9.89 Å². The Hall–Kier alpha value is -3.02. The van der Waals surface area contributed by atoms with Crippen LogP contribution >= 0.6 is 11.3 Å². The quantitative estimate of drug-likeness (QED) is 0.347. The Kier molecular flexibility index (Phi) is 5.41. The summed E-state index contributed by atoms with van der Waals surface area (Å²) in [6.45, 7) is 2.76. The molecule has 4 aromatic rings. The molecule has 0 aliphatic heterocycles. The van der Waals surface area contributed by atoms with Crippen molar-refractivity contribution in [2.24, 2.45) is 0 Å². The summed E-state index contributed by atoms with van der Waals surface area (Å²) in [5.41, 5.74) is 3.01. The predicted molar refractivity (Wildman–Crippen MR) is 120 cm³/mol. The van der Waals surface area contributed by atoms with Gasteiger partial charge in [-0.1, -0.05) is 23.5 Å². The maximum atomic E-state index is 12.9.